The maximum absolute atomic E-state index is 12.6. The highest BCUT2D eigenvalue weighted by molar-refractivity contribution is 7.17. The number of phenols is 1. The molecule has 0 aliphatic carbocycles. The van der Waals surface area contributed by atoms with Crippen LogP contribution in [0.5, 0.6) is 5.75 Å². The molecular formula is C10H8F2OS. The number of hydrogen-bond acceptors (Lipinski definition) is 2. The van der Waals surface area contributed by atoms with Gasteiger partial charge in [0.05, 0.1) is 0 Å². The summed E-state index contributed by atoms with van der Waals surface area (Å²) in [5.41, 5.74) is 0.573. The summed E-state index contributed by atoms with van der Waals surface area (Å²) in [7, 11) is 0. The minimum atomic E-state index is -2.54. The largest absolute Gasteiger partial charge is 0.508 e. The minimum absolute atomic E-state index is 0.0600. The smallest absolute Gasteiger partial charge is 0.264 e. The van der Waals surface area contributed by atoms with E-state index < -0.39 is 6.43 Å². The Kier molecular flexibility index (Phi) is 2.15. The Hall–Kier alpha value is -1.16. The van der Waals surface area contributed by atoms with Crippen LogP contribution >= 0.6 is 11.3 Å². The molecule has 2 aromatic rings. The quantitative estimate of drug-likeness (QED) is 0.764. The zero-order valence-corrected chi connectivity index (χ0v) is 8.24. The molecule has 0 unspecified atom stereocenters. The molecule has 4 heteroatoms. The summed E-state index contributed by atoms with van der Waals surface area (Å²) in [5, 5.41) is 11.7. The Bertz CT molecular complexity index is 476. The van der Waals surface area contributed by atoms with Gasteiger partial charge in [-0.25, -0.2) is 8.78 Å². The van der Waals surface area contributed by atoms with Crippen molar-refractivity contribution in [2.24, 2.45) is 0 Å². The molecule has 0 saturated heterocycles. The van der Waals surface area contributed by atoms with Gasteiger partial charge in [-0.1, -0.05) is 0 Å². The first-order valence-corrected chi connectivity index (χ1v) is 4.97. The number of hydrogen-bond donors (Lipinski definition) is 1. The van der Waals surface area contributed by atoms with Crippen LogP contribution in [0.25, 0.3) is 10.1 Å². The zero-order chi connectivity index (χ0) is 10.3. The van der Waals surface area contributed by atoms with Crippen molar-refractivity contribution in [3.63, 3.8) is 0 Å². The van der Waals surface area contributed by atoms with Gasteiger partial charge in [0.1, 0.15) is 5.75 Å². The zero-order valence-electron chi connectivity index (χ0n) is 7.42. The molecule has 0 atom stereocenters. The molecule has 0 fully saturated rings. The first-order chi connectivity index (χ1) is 6.61. The van der Waals surface area contributed by atoms with Gasteiger partial charge in [-0.3, -0.25) is 0 Å². The van der Waals surface area contributed by atoms with Crippen LogP contribution in [0.1, 0.15) is 17.6 Å². The van der Waals surface area contributed by atoms with Crippen molar-refractivity contribution < 1.29 is 13.9 Å². The summed E-state index contributed by atoms with van der Waals surface area (Å²) in [4.78, 5) is 0. The Labute approximate surface area is 83.6 Å². The first kappa shape index (κ1) is 9.40. The van der Waals surface area contributed by atoms with E-state index in [4.69, 9.17) is 0 Å². The number of alkyl halides is 2. The topological polar surface area (TPSA) is 20.2 Å². The lowest BCUT2D eigenvalue weighted by Crippen LogP contribution is -1.87. The molecule has 0 saturated carbocycles. The van der Waals surface area contributed by atoms with Gasteiger partial charge in [0.2, 0.25) is 0 Å². The maximum atomic E-state index is 12.6. The van der Waals surface area contributed by atoms with Gasteiger partial charge in [-0.2, -0.15) is 0 Å². The molecule has 14 heavy (non-hydrogen) atoms. The van der Waals surface area contributed by atoms with Crippen LogP contribution in [0.3, 0.4) is 0 Å². The molecular weight excluding hydrogens is 206 g/mol. The minimum Gasteiger partial charge on any atom is -0.508 e. The van der Waals surface area contributed by atoms with Crippen LogP contribution in [-0.2, 0) is 0 Å². The van der Waals surface area contributed by atoms with Crippen LogP contribution < -0.4 is 0 Å². The Morgan fingerprint density at radius 2 is 2.14 bits per heavy atom. The fourth-order valence-electron chi connectivity index (χ4n) is 1.46. The van der Waals surface area contributed by atoms with Crippen LogP contribution in [-0.4, -0.2) is 5.11 Å². The summed E-state index contributed by atoms with van der Waals surface area (Å²) in [6.07, 6.45) is -2.54. The van der Waals surface area contributed by atoms with E-state index in [1.807, 2.05) is 0 Å². The average Bonchev–Trinajstić information content (AvgIpc) is 2.59. The van der Waals surface area contributed by atoms with Crippen LogP contribution in [0.2, 0.25) is 0 Å². The van der Waals surface area contributed by atoms with Crippen molar-refractivity contribution in [3.8, 4) is 5.75 Å². The molecule has 0 aliphatic rings. The van der Waals surface area contributed by atoms with Gasteiger partial charge in [-0.05, 0) is 24.4 Å². The van der Waals surface area contributed by atoms with E-state index in [1.165, 1.54) is 11.3 Å². The van der Waals surface area contributed by atoms with Gasteiger partial charge < -0.3 is 5.11 Å². The van der Waals surface area contributed by atoms with E-state index in [1.54, 1.807) is 18.4 Å². The Morgan fingerprint density at radius 1 is 1.43 bits per heavy atom. The summed E-state index contributed by atoms with van der Waals surface area (Å²) in [6.45, 7) is 1.73. The number of aromatic hydroxyl groups is 1. The van der Waals surface area contributed by atoms with Crippen LogP contribution in [0.15, 0.2) is 17.5 Å². The molecule has 0 bridgehead atoms. The molecule has 2 rings (SSSR count). The predicted molar refractivity (Wildman–Crippen MR) is 53.2 cm³/mol. The molecule has 1 N–H and O–H groups in total. The van der Waals surface area contributed by atoms with Gasteiger partial charge in [0, 0.05) is 21.2 Å². The van der Waals surface area contributed by atoms with Crippen molar-refractivity contribution in [3.05, 3.63) is 28.6 Å². The molecule has 1 heterocycles. The monoisotopic (exact) mass is 214 g/mol. The first-order valence-electron chi connectivity index (χ1n) is 4.09. The lowest BCUT2D eigenvalue weighted by molar-refractivity contribution is 0.153. The normalized spacial score (nSPS) is 11.4. The summed E-state index contributed by atoms with van der Waals surface area (Å²) in [6, 6.07) is 2.81. The number of benzene rings is 1. The van der Waals surface area contributed by atoms with Crippen LogP contribution in [0, 0.1) is 6.92 Å². The van der Waals surface area contributed by atoms with Crippen molar-refractivity contribution in [2.75, 3.05) is 0 Å². The van der Waals surface area contributed by atoms with Crippen LogP contribution in [0.4, 0.5) is 8.78 Å². The lowest BCUT2D eigenvalue weighted by Gasteiger charge is -2.06. The molecule has 0 amide bonds. The number of thiophene rings is 1. The van der Waals surface area contributed by atoms with Crippen molar-refractivity contribution in [1.82, 2.24) is 0 Å². The fourth-order valence-corrected chi connectivity index (χ4v) is 2.39. The van der Waals surface area contributed by atoms with Gasteiger partial charge in [0.25, 0.3) is 6.43 Å². The molecule has 0 radical (unpaired) electrons. The van der Waals surface area contributed by atoms with Crippen molar-refractivity contribution in [2.45, 2.75) is 13.3 Å². The van der Waals surface area contributed by atoms with E-state index in [-0.39, 0.29) is 11.3 Å². The lowest BCUT2D eigenvalue weighted by atomic mass is 10.1. The molecule has 1 aromatic carbocycles. The predicted octanol–water partition coefficient (Wildman–Crippen LogP) is 3.85. The second kappa shape index (κ2) is 3.20. The molecule has 74 valence electrons. The molecule has 0 aliphatic heterocycles. The van der Waals surface area contributed by atoms with E-state index in [0.29, 0.717) is 10.9 Å². The summed E-state index contributed by atoms with van der Waals surface area (Å²) >= 11 is 1.37. The van der Waals surface area contributed by atoms with E-state index >= 15 is 0 Å². The number of fused-ring (bicyclic) bond motifs is 1. The fraction of sp³-hybridized carbons (Fsp3) is 0.200. The molecule has 1 aromatic heterocycles. The third-order valence-corrected chi connectivity index (χ3v) is 3.26. The highest BCUT2D eigenvalue weighted by Gasteiger charge is 2.16. The van der Waals surface area contributed by atoms with E-state index in [2.05, 4.69) is 0 Å². The van der Waals surface area contributed by atoms with E-state index in [0.717, 1.165) is 10.8 Å². The van der Waals surface area contributed by atoms with Crippen molar-refractivity contribution >= 4 is 21.4 Å². The Morgan fingerprint density at radius 3 is 2.79 bits per heavy atom. The standard InChI is InChI=1S/C10H8F2OS/c1-5-8(13)4-7(10(11)12)6-2-3-14-9(5)6/h2-4,10,13H,1H3. The third-order valence-electron chi connectivity index (χ3n) is 2.23. The molecule has 0 spiro atoms. The van der Waals surface area contributed by atoms with Gasteiger partial charge in [0.15, 0.2) is 0 Å². The van der Waals surface area contributed by atoms with Gasteiger partial charge in [-0.15, -0.1) is 11.3 Å². The second-order valence-electron chi connectivity index (χ2n) is 3.07. The average molecular weight is 214 g/mol. The van der Waals surface area contributed by atoms with E-state index in [9.17, 15) is 13.9 Å². The highest BCUT2D eigenvalue weighted by Crippen LogP contribution is 2.37. The third kappa shape index (κ3) is 1.26. The number of aryl methyl sites for hydroxylation is 1. The Balaban J connectivity index is 2.84. The second-order valence-corrected chi connectivity index (χ2v) is 3.99. The number of halogens is 2. The van der Waals surface area contributed by atoms with Gasteiger partial charge >= 0.3 is 0 Å². The highest BCUT2D eigenvalue weighted by atomic mass is 32.1. The number of phenolic OH excluding ortho intramolecular Hbond substituents is 1. The summed E-state index contributed by atoms with van der Waals surface area (Å²) in [5.74, 6) is -0.0600. The van der Waals surface area contributed by atoms with Crippen molar-refractivity contribution in [1.29, 1.82) is 0 Å². The molecule has 1 nitrogen and oxygen atoms in total. The number of rotatable bonds is 1. The maximum Gasteiger partial charge on any atom is 0.264 e. The summed E-state index contributed by atoms with van der Waals surface area (Å²) < 4.78 is 25.9. The SMILES string of the molecule is Cc1c(O)cc(C(F)F)c2ccsc12.